The number of aryl methyl sites for hydroxylation is 1. The van der Waals surface area contributed by atoms with Gasteiger partial charge in [0, 0.05) is 13.1 Å². The normalized spacial score (nSPS) is 10.8. The van der Waals surface area contributed by atoms with Crippen molar-refractivity contribution in [3.63, 3.8) is 0 Å². The Hall–Kier alpha value is -1.36. The second-order valence-corrected chi connectivity index (χ2v) is 4.67. The van der Waals surface area contributed by atoms with Crippen molar-refractivity contribution >= 4 is 17.3 Å². The number of hydrogen-bond donors (Lipinski definition) is 1. The van der Waals surface area contributed by atoms with Crippen molar-refractivity contribution < 1.29 is 0 Å². The summed E-state index contributed by atoms with van der Waals surface area (Å²) < 4.78 is 2.13. The molecule has 0 fully saturated rings. The van der Waals surface area contributed by atoms with Gasteiger partial charge in [0.05, 0.1) is 4.88 Å². The molecular formula is C12H18N4S. The van der Waals surface area contributed by atoms with Gasteiger partial charge >= 0.3 is 0 Å². The van der Waals surface area contributed by atoms with Gasteiger partial charge in [-0.1, -0.05) is 6.92 Å². The van der Waals surface area contributed by atoms with E-state index in [-0.39, 0.29) is 0 Å². The van der Waals surface area contributed by atoms with E-state index in [1.807, 2.05) is 0 Å². The number of aromatic nitrogens is 3. The fourth-order valence-electron chi connectivity index (χ4n) is 1.87. The van der Waals surface area contributed by atoms with E-state index in [1.54, 1.807) is 11.3 Å². The second kappa shape index (κ2) is 5.31. The van der Waals surface area contributed by atoms with E-state index >= 15 is 0 Å². The van der Waals surface area contributed by atoms with Crippen molar-refractivity contribution in [2.45, 2.75) is 33.7 Å². The first-order chi connectivity index (χ1) is 8.31. The van der Waals surface area contributed by atoms with E-state index in [1.165, 1.54) is 10.4 Å². The third-order valence-electron chi connectivity index (χ3n) is 2.73. The molecule has 0 radical (unpaired) electrons. The maximum atomic E-state index is 4.32. The lowest BCUT2D eigenvalue weighted by Crippen LogP contribution is -2.06. The van der Waals surface area contributed by atoms with Crippen LogP contribution in [0.15, 0.2) is 11.4 Å². The lowest BCUT2D eigenvalue weighted by Gasteiger charge is -2.07. The van der Waals surface area contributed by atoms with Gasteiger partial charge in [-0.2, -0.15) is 0 Å². The SMILES string of the molecule is CCNc1nnc(-c2sccc2CC)n1CC. The maximum Gasteiger partial charge on any atom is 0.224 e. The molecule has 1 N–H and O–H groups in total. The van der Waals surface area contributed by atoms with E-state index in [4.69, 9.17) is 0 Å². The van der Waals surface area contributed by atoms with Crippen LogP contribution in [-0.2, 0) is 13.0 Å². The van der Waals surface area contributed by atoms with Crippen LogP contribution >= 0.6 is 11.3 Å². The maximum absolute atomic E-state index is 4.32. The minimum atomic E-state index is 0.862. The van der Waals surface area contributed by atoms with Gasteiger partial charge in [-0.15, -0.1) is 21.5 Å². The molecule has 0 aromatic carbocycles. The van der Waals surface area contributed by atoms with Gasteiger partial charge in [-0.25, -0.2) is 0 Å². The van der Waals surface area contributed by atoms with E-state index in [9.17, 15) is 0 Å². The summed E-state index contributed by atoms with van der Waals surface area (Å²) in [7, 11) is 0. The zero-order valence-corrected chi connectivity index (χ0v) is 11.3. The molecule has 2 aromatic heterocycles. The first-order valence-electron chi connectivity index (χ1n) is 6.05. The number of hydrogen-bond acceptors (Lipinski definition) is 4. The number of anilines is 1. The molecule has 2 heterocycles. The average molecular weight is 250 g/mol. The van der Waals surface area contributed by atoms with E-state index < -0.39 is 0 Å². The minimum Gasteiger partial charge on any atom is -0.355 e. The highest BCUT2D eigenvalue weighted by Crippen LogP contribution is 2.29. The van der Waals surface area contributed by atoms with Crippen LogP contribution in [0.4, 0.5) is 5.95 Å². The number of nitrogens with one attached hydrogen (secondary N) is 1. The molecular weight excluding hydrogens is 232 g/mol. The van der Waals surface area contributed by atoms with Crippen LogP contribution in [0.5, 0.6) is 0 Å². The van der Waals surface area contributed by atoms with Crippen LogP contribution in [-0.4, -0.2) is 21.3 Å². The van der Waals surface area contributed by atoms with Crippen LogP contribution in [0.25, 0.3) is 10.7 Å². The topological polar surface area (TPSA) is 42.7 Å². The third kappa shape index (κ3) is 2.20. The molecule has 0 aliphatic rings. The quantitative estimate of drug-likeness (QED) is 0.887. The van der Waals surface area contributed by atoms with E-state index in [0.717, 1.165) is 31.3 Å². The highest BCUT2D eigenvalue weighted by atomic mass is 32.1. The van der Waals surface area contributed by atoms with Gasteiger partial charge in [0.25, 0.3) is 0 Å². The Morgan fingerprint density at radius 1 is 1.29 bits per heavy atom. The molecule has 0 bridgehead atoms. The van der Waals surface area contributed by atoms with Gasteiger partial charge in [-0.05, 0) is 37.3 Å². The largest absolute Gasteiger partial charge is 0.355 e. The molecule has 2 rings (SSSR count). The summed E-state index contributed by atoms with van der Waals surface area (Å²) in [5.74, 6) is 1.84. The van der Waals surface area contributed by atoms with Gasteiger partial charge in [-0.3, -0.25) is 4.57 Å². The standard InChI is InChI=1S/C12H18N4S/c1-4-9-7-8-17-10(9)11-14-15-12(13-5-2)16(11)6-3/h7-8H,4-6H2,1-3H3,(H,13,15). The first kappa shape index (κ1) is 12.1. The molecule has 0 amide bonds. The van der Waals surface area contributed by atoms with Crippen molar-refractivity contribution in [1.82, 2.24) is 14.8 Å². The second-order valence-electron chi connectivity index (χ2n) is 3.75. The Bertz CT molecular complexity index is 486. The predicted octanol–water partition coefficient (Wildman–Crippen LogP) is 3.02. The lowest BCUT2D eigenvalue weighted by molar-refractivity contribution is 0.771. The van der Waals surface area contributed by atoms with Crippen LogP contribution in [0.3, 0.4) is 0 Å². The number of nitrogens with zero attached hydrogens (tertiary/aromatic N) is 3. The molecule has 0 aliphatic heterocycles. The predicted molar refractivity (Wildman–Crippen MR) is 72.6 cm³/mol. The van der Waals surface area contributed by atoms with Crippen LogP contribution < -0.4 is 5.32 Å². The fraction of sp³-hybridized carbons (Fsp3) is 0.500. The van der Waals surface area contributed by atoms with E-state index in [2.05, 4.69) is 52.3 Å². The van der Waals surface area contributed by atoms with Crippen molar-refractivity contribution in [3.05, 3.63) is 17.0 Å². The van der Waals surface area contributed by atoms with Crippen molar-refractivity contribution in [1.29, 1.82) is 0 Å². The zero-order chi connectivity index (χ0) is 12.3. The van der Waals surface area contributed by atoms with Crippen molar-refractivity contribution in [2.24, 2.45) is 0 Å². The molecule has 0 saturated heterocycles. The van der Waals surface area contributed by atoms with Crippen molar-refractivity contribution in [2.75, 3.05) is 11.9 Å². The number of rotatable bonds is 5. The summed E-state index contributed by atoms with van der Waals surface area (Å²) in [6.45, 7) is 8.10. The summed E-state index contributed by atoms with van der Waals surface area (Å²) in [6, 6.07) is 2.17. The molecule has 0 saturated carbocycles. The molecule has 0 atom stereocenters. The summed E-state index contributed by atoms with van der Waals surface area (Å²) in [4.78, 5) is 1.24. The average Bonchev–Trinajstić information content (AvgIpc) is 2.94. The fourth-order valence-corrected chi connectivity index (χ4v) is 2.86. The Morgan fingerprint density at radius 3 is 2.76 bits per heavy atom. The highest BCUT2D eigenvalue weighted by molar-refractivity contribution is 7.13. The third-order valence-corrected chi connectivity index (χ3v) is 3.69. The smallest absolute Gasteiger partial charge is 0.224 e. The van der Waals surface area contributed by atoms with Gasteiger partial charge < -0.3 is 5.32 Å². The summed E-state index contributed by atoms with van der Waals surface area (Å²) >= 11 is 1.74. The Morgan fingerprint density at radius 2 is 2.12 bits per heavy atom. The first-order valence-corrected chi connectivity index (χ1v) is 6.93. The van der Waals surface area contributed by atoms with Gasteiger partial charge in [0.1, 0.15) is 0 Å². The molecule has 4 nitrogen and oxygen atoms in total. The molecule has 0 spiro atoms. The van der Waals surface area contributed by atoms with Crippen LogP contribution in [0.2, 0.25) is 0 Å². The molecule has 92 valence electrons. The van der Waals surface area contributed by atoms with Crippen molar-refractivity contribution in [3.8, 4) is 10.7 Å². The van der Waals surface area contributed by atoms with E-state index in [0.29, 0.717) is 0 Å². The summed E-state index contributed by atoms with van der Waals surface area (Å²) in [6.07, 6.45) is 1.03. The van der Waals surface area contributed by atoms with Crippen LogP contribution in [0, 0.1) is 0 Å². The Balaban J connectivity index is 2.45. The molecule has 5 heteroatoms. The molecule has 0 unspecified atom stereocenters. The monoisotopic (exact) mass is 250 g/mol. The number of thiophene rings is 1. The minimum absolute atomic E-state index is 0.862. The Kier molecular flexibility index (Phi) is 3.78. The van der Waals surface area contributed by atoms with Crippen LogP contribution in [0.1, 0.15) is 26.3 Å². The summed E-state index contributed by atoms with van der Waals surface area (Å²) in [5, 5.41) is 13.9. The lowest BCUT2D eigenvalue weighted by atomic mass is 10.2. The molecule has 17 heavy (non-hydrogen) atoms. The highest BCUT2D eigenvalue weighted by Gasteiger charge is 2.15. The molecule has 0 aliphatic carbocycles. The zero-order valence-electron chi connectivity index (χ0n) is 10.5. The van der Waals surface area contributed by atoms with Gasteiger partial charge in [0.2, 0.25) is 5.95 Å². The van der Waals surface area contributed by atoms with Gasteiger partial charge in [0.15, 0.2) is 5.82 Å². The summed E-state index contributed by atoms with van der Waals surface area (Å²) in [5.41, 5.74) is 1.35. The molecule has 2 aromatic rings. The Labute approximate surface area is 106 Å².